The molecule has 0 radical (unpaired) electrons. The average molecular weight is 150 g/mol. The lowest BCUT2D eigenvalue weighted by Gasteiger charge is -2.08. The van der Waals surface area contributed by atoms with Crippen LogP contribution < -0.4 is 11.0 Å². The number of hydrogen-bond acceptors (Lipinski definition) is 4. The lowest BCUT2D eigenvalue weighted by molar-refractivity contribution is 0.971. The van der Waals surface area contributed by atoms with E-state index >= 15 is 0 Å². The zero-order valence-corrected chi connectivity index (χ0v) is 5.66. The van der Waals surface area contributed by atoms with E-state index < -0.39 is 0 Å². The van der Waals surface area contributed by atoms with E-state index in [2.05, 4.69) is 20.3 Å². The van der Waals surface area contributed by atoms with Gasteiger partial charge in [0.25, 0.3) is 0 Å². The third-order valence-electron chi connectivity index (χ3n) is 1.45. The predicted molar refractivity (Wildman–Crippen MR) is 40.7 cm³/mol. The van der Waals surface area contributed by atoms with Gasteiger partial charge in [0.05, 0.1) is 12.9 Å². The number of nitrogens with one attached hydrogen (secondary N) is 2. The number of nitrogens with zero attached hydrogens (tertiary/aromatic N) is 2. The fourth-order valence-corrected chi connectivity index (χ4v) is 0.923. The van der Waals surface area contributed by atoms with Gasteiger partial charge in [0.15, 0.2) is 0 Å². The molecule has 0 unspecified atom stereocenters. The van der Waals surface area contributed by atoms with Gasteiger partial charge in [-0.15, -0.1) is 0 Å². The second-order valence-corrected chi connectivity index (χ2v) is 2.20. The molecule has 0 saturated heterocycles. The molecule has 2 heterocycles. The van der Waals surface area contributed by atoms with Crippen LogP contribution in [0.3, 0.4) is 0 Å². The molecule has 5 nitrogen and oxygen atoms in total. The molecule has 0 aromatic carbocycles. The molecule has 1 aliphatic heterocycles. The minimum Gasteiger partial charge on any atom is -0.333 e. The Morgan fingerprint density at radius 3 is 3.36 bits per heavy atom. The first-order chi connectivity index (χ1) is 5.36. The van der Waals surface area contributed by atoms with Gasteiger partial charge in [0.2, 0.25) is 0 Å². The number of aliphatic imine (C=N–C) groups is 1. The van der Waals surface area contributed by atoms with E-state index in [0.717, 1.165) is 5.56 Å². The highest BCUT2D eigenvalue weighted by molar-refractivity contribution is 5.76. The third-order valence-corrected chi connectivity index (χ3v) is 1.45. The van der Waals surface area contributed by atoms with Gasteiger partial charge in [-0.2, -0.15) is 0 Å². The summed E-state index contributed by atoms with van der Waals surface area (Å²) in [7, 11) is 0. The van der Waals surface area contributed by atoms with Crippen molar-refractivity contribution in [2.24, 2.45) is 4.99 Å². The summed E-state index contributed by atoms with van der Waals surface area (Å²) in [4.78, 5) is 20.8. The highest BCUT2D eigenvalue weighted by Gasteiger charge is 2.04. The number of hydrogen-bond donors (Lipinski definition) is 2. The summed E-state index contributed by atoms with van der Waals surface area (Å²) in [5.41, 5.74) is 0.568. The highest BCUT2D eigenvalue weighted by Crippen LogP contribution is 2.11. The van der Waals surface area contributed by atoms with Gasteiger partial charge in [-0.1, -0.05) is 0 Å². The van der Waals surface area contributed by atoms with Crippen LogP contribution >= 0.6 is 0 Å². The van der Waals surface area contributed by atoms with Crippen molar-refractivity contribution >= 4 is 12.2 Å². The van der Waals surface area contributed by atoms with Crippen molar-refractivity contribution in [3.05, 3.63) is 22.2 Å². The van der Waals surface area contributed by atoms with Crippen molar-refractivity contribution in [2.75, 3.05) is 5.32 Å². The second-order valence-electron chi connectivity index (χ2n) is 2.20. The van der Waals surface area contributed by atoms with Crippen molar-refractivity contribution < 1.29 is 0 Å². The predicted octanol–water partition coefficient (Wildman–Crippen LogP) is -0.276. The fraction of sp³-hybridized carbons (Fsp3) is 0.167. The van der Waals surface area contributed by atoms with Crippen molar-refractivity contribution in [3.8, 4) is 0 Å². The molecule has 1 aliphatic rings. The molecule has 5 heteroatoms. The van der Waals surface area contributed by atoms with Crippen LogP contribution in [0, 0.1) is 0 Å². The van der Waals surface area contributed by atoms with E-state index in [1.807, 2.05) is 0 Å². The SMILES string of the molecule is O=c1ncc2c([nH]1)NC=NC2. The molecular formula is C6H6N4O. The van der Waals surface area contributed by atoms with Gasteiger partial charge in [-0.05, 0) is 0 Å². The van der Waals surface area contributed by atoms with Crippen LogP contribution in [-0.2, 0) is 6.54 Å². The van der Waals surface area contributed by atoms with E-state index in [1.54, 1.807) is 6.34 Å². The van der Waals surface area contributed by atoms with Crippen molar-refractivity contribution in [2.45, 2.75) is 6.54 Å². The fourth-order valence-electron chi connectivity index (χ4n) is 0.923. The molecule has 1 aromatic heterocycles. The first kappa shape index (κ1) is 6.09. The van der Waals surface area contributed by atoms with Gasteiger partial charge in [-0.25, -0.2) is 9.78 Å². The monoisotopic (exact) mass is 150 g/mol. The van der Waals surface area contributed by atoms with Crippen LogP contribution in [0.25, 0.3) is 0 Å². The average Bonchev–Trinajstić information content (AvgIpc) is 2.04. The molecule has 11 heavy (non-hydrogen) atoms. The van der Waals surface area contributed by atoms with Gasteiger partial charge in [0, 0.05) is 11.8 Å². The summed E-state index contributed by atoms with van der Waals surface area (Å²) < 4.78 is 0. The Morgan fingerprint density at radius 1 is 1.55 bits per heavy atom. The Bertz CT molecular complexity index is 354. The molecule has 0 atom stereocenters. The number of anilines is 1. The van der Waals surface area contributed by atoms with Crippen LogP contribution in [0.1, 0.15) is 5.56 Å². The Balaban J connectivity index is 2.56. The normalized spacial score (nSPS) is 13.8. The Morgan fingerprint density at radius 2 is 2.45 bits per heavy atom. The van der Waals surface area contributed by atoms with Gasteiger partial charge < -0.3 is 5.32 Å². The van der Waals surface area contributed by atoms with Crippen LogP contribution in [-0.4, -0.2) is 16.3 Å². The summed E-state index contributed by atoms with van der Waals surface area (Å²) in [6.07, 6.45) is 3.08. The minimum absolute atomic E-state index is 0.341. The lowest BCUT2D eigenvalue weighted by Crippen LogP contribution is -2.17. The minimum atomic E-state index is -0.341. The first-order valence-electron chi connectivity index (χ1n) is 3.19. The molecule has 56 valence electrons. The summed E-state index contributed by atoms with van der Waals surface area (Å²) >= 11 is 0. The van der Waals surface area contributed by atoms with Gasteiger partial charge in [0.1, 0.15) is 5.82 Å². The maximum atomic E-state index is 10.7. The summed E-state index contributed by atoms with van der Waals surface area (Å²) in [5, 5.41) is 2.82. The van der Waals surface area contributed by atoms with E-state index in [0.29, 0.717) is 12.4 Å². The van der Waals surface area contributed by atoms with E-state index in [1.165, 1.54) is 6.20 Å². The van der Waals surface area contributed by atoms with Crippen LogP contribution in [0.5, 0.6) is 0 Å². The smallest absolute Gasteiger partial charge is 0.333 e. The topological polar surface area (TPSA) is 70.1 Å². The quantitative estimate of drug-likeness (QED) is 0.534. The largest absolute Gasteiger partial charge is 0.346 e. The van der Waals surface area contributed by atoms with Crippen molar-refractivity contribution in [1.29, 1.82) is 0 Å². The number of fused-ring (bicyclic) bond motifs is 1. The zero-order valence-electron chi connectivity index (χ0n) is 5.66. The van der Waals surface area contributed by atoms with Crippen molar-refractivity contribution in [1.82, 2.24) is 9.97 Å². The second kappa shape index (κ2) is 2.19. The van der Waals surface area contributed by atoms with Crippen LogP contribution in [0.15, 0.2) is 16.0 Å². The third kappa shape index (κ3) is 1.000. The number of aromatic nitrogens is 2. The summed E-state index contributed by atoms with van der Waals surface area (Å²) in [5.74, 6) is 0.694. The molecule has 1 aromatic rings. The molecule has 2 rings (SSSR count). The number of rotatable bonds is 0. The molecule has 0 saturated carbocycles. The van der Waals surface area contributed by atoms with Crippen LogP contribution in [0.4, 0.5) is 5.82 Å². The van der Waals surface area contributed by atoms with Crippen molar-refractivity contribution in [3.63, 3.8) is 0 Å². The lowest BCUT2D eigenvalue weighted by atomic mass is 10.3. The van der Waals surface area contributed by atoms with Gasteiger partial charge in [-0.3, -0.25) is 9.98 Å². The first-order valence-corrected chi connectivity index (χ1v) is 3.19. The highest BCUT2D eigenvalue weighted by atomic mass is 16.1. The molecule has 0 aliphatic carbocycles. The molecule has 0 spiro atoms. The Hall–Kier alpha value is -1.65. The standard InChI is InChI=1S/C6H6N4O/c11-6-8-2-4-1-7-3-9-5(4)10-6/h2-3H,1H2,(H2,7,8,9,10,11). The summed E-state index contributed by atoms with van der Waals surface area (Å²) in [6.45, 7) is 0.576. The van der Waals surface area contributed by atoms with Crippen LogP contribution in [0.2, 0.25) is 0 Å². The zero-order chi connectivity index (χ0) is 7.68. The number of H-pyrrole nitrogens is 1. The Kier molecular flexibility index (Phi) is 1.21. The number of aromatic amines is 1. The summed E-state index contributed by atoms with van der Waals surface area (Å²) in [6, 6.07) is 0. The molecule has 2 N–H and O–H groups in total. The molecular weight excluding hydrogens is 144 g/mol. The Labute approximate surface area is 62.2 Å². The molecule has 0 bridgehead atoms. The molecule has 0 fully saturated rings. The van der Waals surface area contributed by atoms with E-state index in [-0.39, 0.29) is 5.69 Å². The van der Waals surface area contributed by atoms with E-state index in [4.69, 9.17) is 0 Å². The van der Waals surface area contributed by atoms with Gasteiger partial charge >= 0.3 is 5.69 Å². The van der Waals surface area contributed by atoms with E-state index in [9.17, 15) is 4.79 Å². The maximum Gasteiger partial charge on any atom is 0.346 e. The maximum absolute atomic E-state index is 10.7. The molecule has 0 amide bonds.